The molecule has 0 aromatic rings. The van der Waals surface area contributed by atoms with Crippen molar-refractivity contribution in [3.63, 3.8) is 0 Å². The molecule has 2 aliphatic rings. The highest BCUT2D eigenvalue weighted by atomic mass is 15.3. The summed E-state index contributed by atoms with van der Waals surface area (Å²) in [6.45, 7) is 14.8. The summed E-state index contributed by atoms with van der Waals surface area (Å²) in [5.74, 6) is 0.958. The molecule has 0 radical (unpaired) electrons. The Hall–Kier alpha value is -0.120. The molecule has 2 rings (SSSR count). The van der Waals surface area contributed by atoms with E-state index < -0.39 is 0 Å². The van der Waals surface area contributed by atoms with Crippen molar-refractivity contribution in [2.24, 2.45) is 11.7 Å². The molecule has 1 unspecified atom stereocenters. The first-order valence-corrected chi connectivity index (χ1v) is 7.55. The van der Waals surface area contributed by atoms with E-state index >= 15 is 0 Å². The van der Waals surface area contributed by atoms with Crippen LogP contribution in [0.4, 0.5) is 0 Å². The van der Waals surface area contributed by atoms with Gasteiger partial charge in [-0.15, -0.1) is 0 Å². The molecule has 0 spiro atoms. The Bertz CT molecular complexity index is 272. The second-order valence-electron chi connectivity index (χ2n) is 7.49. The molecule has 1 saturated heterocycles. The molecule has 1 saturated carbocycles. The quantitative estimate of drug-likeness (QED) is 0.831. The summed E-state index contributed by atoms with van der Waals surface area (Å²) in [5.41, 5.74) is 6.63. The van der Waals surface area contributed by atoms with Crippen molar-refractivity contribution in [2.45, 2.75) is 58.0 Å². The Labute approximate surface area is 113 Å². The van der Waals surface area contributed by atoms with Crippen LogP contribution < -0.4 is 5.73 Å². The van der Waals surface area contributed by atoms with Gasteiger partial charge in [0.15, 0.2) is 0 Å². The maximum Gasteiger partial charge on any atom is 0.0307 e. The molecule has 0 aromatic carbocycles. The number of hydrogen-bond acceptors (Lipinski definition) is 3. The lowest BCUT2D eigenvalue weighted by atomic mass is 9.91. The normalized spacial score (nSPS) is 27.2. The number of hydrogen-bond donors (Lipinski definition) is 1. The largest absolute Gasteiger partial charge is 0.329 e. The van der Waals surface area contributed by atoms with Gasteiger partial charge in [-0.25, -0.2) is 0 Å². The predicted molar refractivity (Wildman–Crippen MR) is 77.7 cm³/mol. The van der Waals surface area contributed by atoms with Gasteiger partial charge in [0.1, 0.15) is 0 Å². The minimum absolute atomic E-state index is 0.241. The topological polar surface area (TPSA) is 32.5 Å². The molecule has 0 amide bonds. The molecule has 106 valence electrons. The van der Waals surface area contributed by atoms with Crippen molar-refractivity contribution in [3.05, 3.63) is 0 Å². The number of rotatable bonds is 4. The first-order valence-electron chi connectivity index (χ1n) is 7.55. The second-order valence-corrected chi connectivity index (χ2v) is 7.49. The molecular formula is C15H31N3. The molecule has 3 nitrogen and oxygen atoms in total. The maximum absolute atomic E-state index is 6.08. The van der Waals surface area contributed by atoms with Crippen LogP contribution >= 0.6 is 0 Å². The second kappa shape index (κ2) is 5.10. The zero-order chi connectivity index (χ0) is 13.4. The molecule has 1 heterocycles. The molecule has 1 aliphatic carbocycles. The lowest BCUT2D eigenvalue weighted by Crippen LogP contribution is -2.61. The van der Waals surface area contributed by atoms with Crippen LogP contribution in [0.25, 0.3) is 0 Å². The van der Waals surface area contributed by atoms with Crippen LogP contribution in [0.2, 0.25) is 0 Å². The third-order valence-corrected chi connectivity index (χ3v) is 4.86. The molecule has 1 atom stereocenters. The van der Waals surface area contributed by atoms with Crippen LogP contribution in [0, 0.1) is 5.92 Å². The highest BCUT2D eigenvalue weighted by Gasteiger charge is 2.39. The first-order chi connectivity index (χ1) is 8.35. The monoisotopic (exact) mass is 253 g/mol. The minimum Gasteiger partial charge on any atom is -0.329 e. The van der Waals surface area contributed by atoms with Gasteiger partial charge in [0.25, 0.3) is 0 Å². The molecule has 2 fully saturated rings. The Morgan fingerprint density at radius 1 is 0.944 bits per heavy atom. The lowest BCUT2D eigenvalue weighted by Gasteiger charge is -2.48. The van der Waals surface area contributed by atoms with Crippen LogP contribution in [0.1, 0.15) is 47.0 Å². The SMILES string of the molecule is CC(C)(C)N1CCN(C(C)(CN)CC2CC2)CC1. The van der Waals surface area contributed by atoms with E-state index in [-0.39, 0.29) is 5.54 Å². The van der Waals surface area contributed by atoms with Gasteiger partial charge >= 0.3 is 0 Å². The molecule has 18 heavy (non-hydrogen) atoms. The molecule has 0 bridgehead atoms. The van der Waals surface area contributed by atoms with Crippen molar-refractivity contribution in [1.82, 2.24) is 9.80 Å². The summed E-state index contributed by atoms with van der Waals surface area (Å²) in [5, 5.41) is 0. The first kappa shape index (κ1) is 14.3. The number of piperazine rings is 1. The summed E-state index contributed by atoms with van der Waals surface area (Å²) in [6.07, 6.45) is 4.16. The van der Waals surface area contributed by atoms with E-state index in [2.05, 4.69) is 37.5 Å². The van der Waals surface area contributed by atoms with Crippen LogP contribution in [0.5, 0.6) is 0 Å². The zero-order valence-corrected chi connectivity index (χ0v) is 12.7. The fourth-order valence-corrected chi connectivity index (χ4v) is 3.20. The number of nitrogens with zero attached hydrogens (tertiary/aromatic N) is 2. The Kier molecular flexibility index (Phi) is 4.05. The Balaban J connectivity index is 1.90. The Morgan fingerprint density at radius 2 is 1.44 bits per heavy atom. The van der Waals surface area contributed by atoms with Gasteiger partial charge in [0, 0.05) is 43.8 Å². The minimum atomic E-state index is 0.241. The summed E-state index contributed by atoms with van der Waals surface area (Å²) in [6, 6.07) is 0. The smallest absolute Gasteiger partial charge is 0.0307 e. The van der Waals surface area contributed by atoms with Crippen molar-refractivity contribution in [3.8, 4) is 0 Å². The molecular weight excluding hydrogens is 222 g/mol. The summed E-state index contributed by atoms with van der Waals surface area (Å²) >= 11 is 0. The van der Waals surface area contributed by atoms with E-state index in [9.17, 15) is 0 Å². The van der Waals surface area contributed by atoms with Gasteiger partial charge in [-0.05, 0) is 40.0 Å². The van der Waals surface area contributed by atoms with E-state index in [0.29, 0.717) is 5.54 Å². The third kappa shape index (κ3) is 3.25. The third-order valence-electron chi connectivity index (χ3n) is 4.86. The molecule has 2 N–H and O–H groups in total. The van der Waals surface area contributed by atoms with Gasteiger partial charge < -0.3 is 5.73 Å². The van der Waals surface area contributed by atoms with Crippen molar-refractivity contribution in [2.75, 3.05) is 32.7 Å². The fraction of sp³-hybridized carbons (Fsp3) is 1.00. The lowest BCUT2D eigenvalue weighted by molar-refractivity contribution is 0.00558. The highest BCUT2D eigenvalue weighted by Crippen LogP contribution is 2.39. The van der Waals surface area contributed by atoms with E-state index in [0.717, 1.165) is 12.5 Å². The molecule has 1 aliphatic heterocycles. The summed E-state index contributed by atoms with van der Waals surface area (Å²) in [4.78, 5) is 5.24. The average molecular weight is 253 g/mol. The van der Waals surface area contributed by atoms with Crippen LogP contribution in [0.15, 0.2) is 0 Å². The molecule has 3 heteroatoms. The van der Waals surface area contributed by atoms with Crippen molar-refractivity contribution < 1.29 is 0 Å². The van der Waals surface area contributed by atoms with E-state index in [1.807, 2.05) is 0 Å². The van der Waals surface area contributed by atoms with Crippen LogP contribution in [0.3, 0.4) is 0 Å². The van der Waals surface area contributed by atoms with Gasteiger partial charge in [-0.2, -0.15) is 0 Å². The average Bonchev–Trinajstić information content (AvgIpc) is 3.12. The van der Waals surface area contributed by atoms with Gasteiger partial charge in [-0.3, -0.25) is 9.80 Å². The fourth-order valence-electron chi connectivity index (χ4n) is 3.20. The van der Waals surface area contributed by atoms with E-state index in [4.69, 9.17) is 5.73 Å². The summed E-state index contributed by atoms with van der Waals surface area (Å²) < 4.78 is 0. The van der Waals surface area contributed by atoms with Crippen molar-refractivity contribution in [1.29, 1.82) is 0 Å². The summed E-state index contributed by atoms with van der Waals surface area (Å²) in [7, 11) is 0. The van der Waals surface area contributed by atoms with E-state index in [1.54, 1.807) is 0 Å². The Morgan fingerprint density at radius 3 is 1.83 bits per heavy atom. The standard InChI is InChI=1S/C15H31N3/c1-14(2,3)17-7-9-18(10-8-17)15(4,12-16)11-13-5-6-13/h13H,5-12,16H2,1-4H3. The van der Waals surface area contributed by atoms with Crippen LogP contribution in [-0.2, 0) is 0 Å². The van der Waals surface area contributed by atoms with Crippen LogP contribution in [-0.4, -0.2) is 53.6 Å². The van der Waals surface area contributed by atoms with Gasteiger partial charge in [-0.1, -0.05) is 12.8 Å². The van der Waals surface area contributed by atoms with Gasteiger partial charge in [0.2, 0.25) is 0 Å². The van der Waals surface area contributed by atoms with Crippen molar-refractivity contribution >= 4 is 0 Å². The van der Waals surface area contributed by atoms with Gasteiger partial charge in [0.05, 0.1) is 0 Å². The zero-order valence-electron chi connectivity index (χ0n) is 12.7. The maximum atomic E-state index is 6.08. The van der Waals surface area contributed by atoms with E-state index in [1.165, 1.54) is 45.4 Å². The predicted octanol–water partition coefficient (Wildman–Crippen LogP) is 1.92. The molecule has 0 aromatic heterocycles. The highest BCUT2D eigenvalue weighted by molar-refractivity contribution is 4.95. The number of nitrogens with two attached hydrogens (primary N) is 1.